The first-order valence-corrected chi connectivity index (χ1v) is 20.3. The van der Waals surface area contributed by atoms with Gasteiger partial charge in [-0.1, -0.05) is 127 Å². The van der Waals surface area contributed by atoms with E-state index >= 15 is 0 Å². The van der Waals surface area contributed by atoms with Crippen molar-refractivity contribution in [2.75, 3.05) is 14.7 Å². The average molecular weight is 772 g/mol. The Balaban J connectivity index is 1.18. The minimum Gasteiger partial charge on any atom is -0.458 e. The molecule has 2 aliphatic heterocycles. The van der Waals surface area contributed by atoms with Crippen LogP contribution in [-0.4, -0.2) is 6.71 Å². The molecule has 60 heavy (non-hydrogen) atoms. The molecule has 0 saturated carbocycles. The summed E-state index contributed by atoms with van der Waals surface area (Å²) in [5, 5.41) is 0. The van der Waals surface area contributed by atoms with E-state index in [0.29, 0.717) is 0 Å². The lowest BCUT2D eigenvalue weighted by Crippen LogP contribution is -2.57. The molecule has 0 fully saturated rings. The van der Waals surface area contributed by atoms with Gasteiger partial charge in [-0.2, -0.15) is 0 Å². The second kappa shape index (κ2) is 15.1. The zero-order valence-corrected chi connectivity index (χ0v) is 32.7. The molecule has 0 radical (unpaired) electrons. The SMILES string of the molecule is c1ccc(N(c2ccccc2)c2cc(N(c3ccccc3)c3ccccc3)cc(N(c3ccccc3)c3cc4c5c(c3)Oc3ccccc3B5c3ccccc3O4)c2)cc1. The molecule has 0 aliphatic carbocycles. The van der Waals surface area contributed by atoms with Gasteiger partial charge in [-0.05, 0) is 102 Å². The Kier molecular flexibility index (Phi) is 8.86. The van der Waals surface area contributed by atoms with Gasteiger partial charge >= 0.3 is 0 Å². The fraction of sp³-hybridized carbons (Fsp3) is 0. The van der Waals surface area contributed by atoms with E-state index in [2.05, 4.69) is 233 Å². The molecule has 5 nitrogen and oxygen atoms in total. The van der Waals surface area contributed by atoms with Crippen LogP contribution >= 0.6 is 0 Å². The van der Waals surface area contributed by atoms with Gasteiger partial charge in [-0.25, -0.2) is 0 Å². The lowest BCUT2D eigenvalue weighted by Gasteiger charge is -2.35. The van der Waals surface area contributed by atoms with Crippen molar-refractivity contribution in [2.24, 2.45) is 0 Å². The molecule has 284 valence electrons. The lowest BCUT2D eigenvalue weighted by atomic mass is 9.35. The van der Waals surface area contributed by atoms with Crippen LogP contribution in [0.15, 0.2) is 231 Å². The fourth-order valence-corrected chi connectivity index (χ4v) is 8.70. The number of fused-ring (bicyclic) bond motifs is 4. The van der Waals surface area contributed by atoms with Crippen molar-refractivity contribution in [2.45, 2.75) is 0 Å². The first-order chi connectivity index (χ1) is 29.8. The number of hydrogen-bond donors (Lipinski definition) is 0. The Morgan fingerprint density at radius 1 is 0.250 bits per heavy atom. The quantitative estimate of drug-likeness (QED) is 0.136. The van der Waals surface area contributed by atoms with Gasteiger partial charge in [0.25, 0.3) is 6.71 Å². The molecule has 6 heteroatoms. The summed E-state index contributed by atoms with van der Waals surface area (Å²) < 4.78 is 13.7. The van der Waals surface area contributed by atoms with E-state index in [0.717, 1.165) is 90.6 Å². The largest absolute Gasteiger partial charge is 0.458 e. The van der Waals surface area contributed by atoms with Crippen molar-refractivity contribution >= 4 is 74.3 Å². The Morgan fingerprint density at radius 2 is 0.517 bits per heavy atom. The highest BCUT2D eigenvalue weighted by molar-refractivity contribution is 6.98. The maximum atomic E-state index is 6.83. The van der Waals surface area contributed by atoms with Gasteiger partial charge in [0, 0.05) is 46.0 Å². The molecule has 2 heterocycles. The van der Waals surface area contributed by atoms with Crippen LogP contribution in [-0.2, 0) is 0 Å². The summed E-state index contributed by atoms with van der Waals surface area (Å²) in [6.07, 6.45) is 0. The van der Waals surface area contributed by atoms with Crippen molar-refractivity contribution in [3.63, 3.8) is 0 Å². The van der Waals surface area contributed by atoms with E-state index in [-0.39, 0.29) is 6.71 Å². The molecule has 0 saturated heterocycles. The summed E-state index contributed by atoms with van der Waals surface area (Å²) >= 11 is 0. The standard InChI is InChI=1S/C54H38BN3O2/c1-6-20-39(21-7-1)56(40-22-8-2-9-23-40)44-34-45(57(41-24-10-3-11-25-41)42-26-12-4-13-27-42)36-46(35-44)58(43-28-14-5-15-29-43)47-37-52-54-53(38-47)60-51-33-19-17-31-49(51)55(54)48-30-16-18-32-50(48)59-52/h1-38H. The molecule has 9 aromatic rings. The van der Waals surface area contributed by atoms with Crippen molar-refractivity contribution < 1.29 is 9.47 Å². The number of anilines is 9. The van der Waals surface area contributed by atoms with Crippen LogP contribution in [0, 0.1) is 0 Å². The molecule has 0 aromatic heterocycles. The highest BCUT2D eigenvalue weighted by atomic mass is 16.5. The molecule has 11 rings (SSSR count). The molecule has 9 aromatic carbocycles. The maximum absolute atomic E-state index is 6.83. The summed E-state index contributed by atoms with van der Waals surface area (Å²) in [4.78, 5) is 6.96. The van der Waals surface area contributed by atoms with Crippen LogP contribution in [0.1, 0.15) is 0 Å². The van der Waals surface area contributed by atoms with Gasteiger partial charge in [0.05, 0.1) is 22.7 Å². The summed E-state index contributed by atoms with van der Waals surface area (Å²) in [7, 11) is 0. The highest BCUT2D eigenvalue weighted by Crippen LogP contribution is 2.47. The van der Waals surface area contributed by atoms with E-state index in [1.54, 1.807) is 0 Å². The number of para-hydroxylation sites is 7. The molecular formula is C54H38BN3O2. The number of benzene rings is 9. The average Bonchev–Trinajstić information content (AvgIpc) is 3.31. The molecule has 0 amide bonds. The van der Waals surface area contributed by atoms with Gasteiger partial charge < -0.3 is 24.2 Å². The van der Waals surface area contributed by atoms with Crippen LogP contribution in [0.4, 0.5) is 51.2 Å². The molecule has 0 atom stereocenters. The van der Waals surface area contributed by atoms with Crippen molar-refractivity contribution in [3.8, 4) is 23.0 Å². The number of ether oxygens (including phenoxy) is 2. The predicted octanol–water partition coefficient (Wildman–Crippen LogP) is 12.8. The Labute approximate surface area is 350 Å². The molecule has 0 N–H and O–H groups in total. The normalized spacial score (nSPS) is 11.9. The van der Waals surface area contributed by atoms with Gasteiger partial charge in [0.1, 0.15) is 23.0 Å². The van der Waals surface area contributed by atoms with E-state index in [1.165, 1.54) is 0 Å². The molecule has 0 bridgehead atoms. The van der Waals surface area contributed by atoms with E-state index in [1.807, 2.05) is 12.1 Å². The second-order valence-electron chi connectivity index (χ2n) is 15.0. The summed E-state index contributed by atoms with van der Waals surface area (Å²) in [6, 6.07) is 80.8. The summed E-state index contributed by atoms with van der Waals surface area (Å²) in [5.41, 5.74) is 12.4. The van der Waals surface area contributed by atoms with Gasteiger partial charge in [0.15, 0.2) is 0 Å². The highest BCUT2D eigenvalue weighted by Gasteiger charge is 2.40. The van der Waals surface area contributed by atoms with Gasteiger partial charge in [0.2, 0.25) is 0 Å². The minimum atomic E-state index is -0.0188. The van der Waals surface area contributed by atoms with Crippen LogP contribution < -0.4 is 40.6 Å². The smallest absolute Gasteiger partial charge is 0.260 e. The van der Waals surface area contributed by atoms with Crippen LogP contribution in [0.2, 0.25) is 0 Å². The minimum absolute atomic E-state index is 0.0188. The summed E-state index contributed by atoms with van der Waals surface area (Å²) in [5.74, 6) is 3.27. The number of hydrogen-bond acceptors (Lipinski definition) is 5. The fourth-order valence-electron chi connectivity index (χ4n) is 8.70. The Hall–Kier alpha value is -7.96. The topological polar surface area (TPSA) is 28.2 Å². The van der Waals surface area contributed by atoms with Crippen molar-refractivity contribution in [1.82, 2.24) is 0 Å². The number of nitrogens with zero attached hydrogens (tertiary/aromatic N) is 3. The molecular weight excluding hydrogens is 733 g/mol. The van der Waals surface area contributed by atoms with E-state index < -0.39 is 0 Å². The van der Waals surface area contributed by atoms with E-state index in [4.69, 9.17) is 9.47 Å². The third-order valence-corrected chi connectivity index (χ3v) is 11.3. The lowest BCUT2D eigenvalue weighted by molar-refractivity contribution is 0.465. The third kappa shape index (κ3) is 6.32. The van der Waals surface area contributed by atoms with Crippen LogP contribution in [0.5, 0.6) is 23.0 Å². The zero-order valence-electron chi connectivity index (χ0n) is 32.7. The second-order valence-corrected chi connectivity index (χ2v) is 15.0. The van der Waals surface area contributed by atoms with Crippen LogP contribution in [0.25, 0.3) is 0 Å². The van der Waals surface area contributed by atoms with Crippen LogP contribution in [0.3, 0.4) is 0 Å². The third-order valence-electron chi connectivity index (χ3n) is 11.3. The van der Waals surface area contributed by atoms with Gasteiger partial charge in [-0.15, -0.1) is 0 Å². The first-order valence-electron chi connectivity index (χ1n) is 20.3. The number of rotatable bonds is 9. The zero-order chi connectivity index (χ0) is 39.8. The van der Waals surface area contributed by atoms with Crippen molar-refractivity contribution in [3.05, 3.63) is 231 Å². The van der Waals surface area contributed by atoms with Crippen molar-refractivity contribution in [1.29, 1.82) is 0 Å². The Bertz CT molecular complexity index is 2700. The molecule has 2 aliphatic rings. The molecule has 0 unspecified atom stereocenters. The van der Waals surface area contributed by atoms with E-state index in [9.17, 15) is 0 Å². The monoisotopic (exact) mass is 771 g/mol. The Morgan fingerprint density at radius 3 is 0.850 bits per heavy atom. The predicted molar refractivity (Wildman–Crippen MR) is 248 cm³/mol. The summed E-state index contributed by atoms with van der Waals surface area (Å²) in [6.45, 7) is -0.0188. The maximum Gasteiger partial charge on any atom is 0.260 e. The van der Waals surface area contributed by atoms with Gasteiger partial charge in [-0.3, -0.25) is 0 Å². The molecule has 0 spiro atoms. The first kappa shape index (κ1) is 35.2.